The van der Waals surface area contributed by atoms with Crippen molar-refractivity contribution >= 4 is 18.3 Å². The normalized spacial score (nSPS) is 15.0. The van der Waals surface area contributed by atoms with Gasteiger partial charge in [0, 0.05) is 56.6 Å². The van der Waals surface area contributed by atoms with Crippen LogP contribution in [0, 0.1) is 5.82 Å². The Hall–Kier alpha value is -1.98. The second-order valence-electron chi connectivity index (χ2n) is 5.71. The standard InChI is InChI=1S/C18H20FN3O.ClH/c19-16-6-4-15(5-7-16)18(23)22-13-11-21(12-14-22)10-8-17-3-1-2-9-20-17;/h1-7,9H,8,10-14H2;1H. The maximum absolute atomic E-state index is 12.9. The Morgan fingerprint density at radius 1 is 1.04 bits per heavy atom. The molecule has 0 unspecified atom stereocenters. The Labute approximate surface area is 147 Å². The van der Waals surface area contributed by atoms with E-state index in [2.05, 4.69) is 9.88 Å². The van der Waals surface area contributed by atoms with Gasteiger partial charge in [0.2, 0.25) is 0 Å². The Morgan fingerprint density at radius 3 is 2.38 bits per heavy atom. The van der Waals surface area contributed by atoms with Crippen LogP contribution in [0.3, 0.4) is 0 Å². The average Bonchev–Trinajstić information content (AvgIpc) is 2.61. The van der Waals surface area contributed by atoms with Gasteiger partial charge < -0.3 is 4.90 Å². The monoisotopic (exact) mass is 349 g/mol. The molecule has 0 N–H and O–H groups in total. The van der Waals surface area contributed by atoms with Crippen LogP contribution in [0.15, 0.2) is 48.7 Å². The fraction of sp³-hybridized carbons (Fsp3) is 0.333. The summed E-state index contributed by atoms with van der Waals surface area (Å²) in [5, 5.41) is 0. The van der Waals surface area contributed by atoms with E-state index in [-0.39, 0.29) is 24.1 Å². The van der Waals surface area contributed by atoms with E-state index in [1.807, 2.05) is 29.3 Å². The lowest BCUT2D eigenvalue weighted by molar-refractivity contribution is 0.0638. The third-order valence-electron chi connectivity index (χ3n) is 4.16. The minimum absolute atomic E-state index is 0. The summed E-state index contributed by atoms with van der Waals surface area (Å²) in [6.07, 6.45) is 2.74. The fourth-order valence-electron chi connectivity index (χ4n) is 2.77. The Morgan fingerprint density at radius 2 is 1.75 bits per heavy atom. The van der Waals surface area contributed by atoms with Crippen LogP contribution in [0.4, 0.5) is 4.39 Å². The molecule has 128 valence electrons. The lowest BCUT2D eigenvalue weighted by Crippen LogP contribution is -2.49. The van der Waals surface area contributed by atoms with Gasteiger partial charge >= 0.3 is 0 Å². The molecule has 2 heterocycles. The maximum Gasteiger partial charge on any atom is 0.253 e. The molecule has 0 radical (unpaired) electrons. The van der Waals surface area contributed by atoms with Crippen molar-refractivity contribution < 1.29 is 9.18 Å². The molecule has 0 bridgehead atoms. The lowest BCUT2D eigenvalue weighted by atomic mass is 10.1. The van der Waals surface area contributed by atoms with Crippen molar-refractivity contribution in [2.24, 2.45) is 0 Å². The van der Waals surface area contributed by atoms with Gasteiger partial charge in [-0.3, -0.25) is 14.7 Å². The first-order valence-electron chi connectivity index (χ1n) is 7.89. The minimum Gasteiger partial charge on any atom is -0.336 e. The van der Waals surface area contributed by atoms with Gasteiger partial charge in [0.1, 0.15) is 5.82 Å². The third kappa shape index (κ3) is 4.76. The summed E-state index contributed by atoms with van der Waals surface area (Å²) in [5.74, 6) is -0.338. The highest BCUT2D eigenvalue weighted by Gasteiger charge is 2.21. The number of carbonyl (C=O) groups is 1. The van der Waals surface area contributed by atoms with E-state index in [0.717, 1.165) is 31.7 Å². The molecule has 4 nitrogen and oxygen atoms in total. The van der Waals surface area contributed by atoms with Crippen molar-refractivity contribution in [2.45, 2.75) is 6.42 Å². The molecule has 1 aliphatic rings. The SMILES string of the molecule is Cl.O=C(c1ccc(F)cc1)N1CCN(CCc2ccccn2)CC1. The number of carbonyl (C=O) groups excluding carboxylic acids is 1. The Kier molecular flexibility index (Phi) is 6.70. The summed E-state index contributed by atoms with van der Waals surface area (Å²) in [6, 6.07) is 11.7. The molecule has 1 amide bonds. The molecule has 2 aromatic rings. The highest BCUT2D eigenvalue weighted by Crippen LogP contribution is 2.10. The van der Waals surface area contributed by atoms with Crippen molar-refractivity contribution in [3.8, 4) is 0 Å². The van der Waals surface area contributed by atoms with Crippen LogP contribution in [0.2, 0.25) is 0 Å². The molecule has 1 aromatic carbocycles. The molecular weight excluding hydrogens is 329 g/mol. The van der Waals surface area contributed by atoms with E-state index in [1.165, 1.54) is 12.1 Å². The van der Waals surface area contributed by atoms with Crippen LogP contribution in [0.1, 0.15) is 16.1 Å². The van der Waals surface area contributed by atoms with Crippen LogP contribution in [-0.2, 0) is 6.42 Å². The number of benzene rings is 1. The van der Waals surface area contributed by atoms with Gasteiger partial charge in [-0.15, -0.1) is 12.4 Å². The summed E-state index contributed by atoms with van der Waals surface area (Å²) in [5.41, 5.74) is 1.64. The first kappa shape index (κ1) is 18.4. The maximum atomic E-state index is 12.9. The second-order valence-corrected chi connectivity index (χ2v) is 5.71. The van der Waals surface area contributed by atoms with E-state index >= 15 is 0 Å². The number of aromatic nitrogens is 1. The minimum atomic E-state index is -0.319. The number of pyridine rings is 1. The number of hydrogen-bond acceptors (Lipinski definition) is 3. The second kappa shape index (κ2) is 8.76. The zero-order chi connectivity index (χ0) is 16.1. The molecule has 1 aliphatic heterocycles. The predicted molar refractivity (Wildman–Crippen MR) is 93.9 cm³/mol. The predicted octanol–water partition coefficient (Wildman–Crippen LogP) is 2.64. The molecule has 1 saturated heterocycles. The van der Waals surface area contributed by atoms with Gasteiger partial charge in [-0.25, -0.2) is 4.39 Å². The smallest absolute Gasteiger partial charge is 0.253 e. The molecule has 6 heteroatoms. The molecule has 1 fully saturated rings. The summed E-state index contributed by atoms with van der Waals surface area (Å²) in [7, 11) is 0. The molecule has 1 aromatic heterocycles. The number of hydrogen-bond donors (Lipinski definition) is 0. The lowest BCUT2D eigenvalue weighted by Gasteiger charge is -2.34. The van der Waals surface area contributed by atoms with Crippen molar-refractivity contribution in [1.29, 1.82) is 0 Å². The zero-order valence-electron chi connectivity index (χ0n) is 13.4. The third-order valence-corrected chi connectivity index (χ3v) is 4.16. The number of amides is 1. The Bertz CT molecular complexity index is 643. The van der Waals surface area contributed by atoms with E-state index in [0.29, 0.717) is 18.7 Å². The zero-order valence-corrected chi connectivity index (χ0v) is 14.2. The molecule has 0 atom stereocenters. The highest BCUT2D eigenvalue weighted by molar-refractivity contribution is 5.94. The largest absolute Gasteiger partial charge is 0.336 e. The summed E-state index contributed by atoms with van der Waals surface area (Å²) in [6.45, 7) is 4.09. The molecule has 0 aliphatic carbocycles. The van der Waals surface area contributed by atoms with Crippen molar-refractivity contribution in [1.82, 2.24) is 14.8 Å². The van der Waals surface area contributed by atoms with Gasteiger partial charge in [0.05, 0.1) is 0 Å². The van der Waals surface area contributed by atoms with Gasteiger partial charge in [-0.1, -0.05) is 6.07 Å². The quantitative estimate of drug-likeness (QED) is 0.851. The van der Waals surface area contributed by atoms with Crippen LogP contribution in [0.5, 0.6) is 0 Å². The number of rotatable bonds is 4. The molecule has 24 heavy (non-hydrogen) atoms. The highest BCUT2D eigenvalue weighted by atomic mass is 35.5. The van der Waals surface area contributed by atoms with E-state index in [1.54, 1.807) is 12.1 Å². The van der Waals surface area contributed by atoms with Crippen LogP contribution < -0.4 is 0 Å². The van der Waals surface area contributed by atoms with Gasteiger partial charge in [-0.2, -0.15) is 0 Å². The Balaban J connectivity index is 0.00000208. The topological polar surface area (TPSA) is 36.4 Å². The van der Waals surface area contributed by atoms with Crippen LogP contribution >= 0.6 is 12.4 Å². The first-order chi connectivity index (χ1) is 11.2. The number of halogens is 2. The van der Waals surface area contributed by atoms with Gasteiger partial charge in [0.15, 0.2) is 0 Å². The summed E-state index contributed by atoms with van der Waals surface area (Å²) >= 11 is 0. The van der Waals surface area contributed by atoms with Crippen molar-refractivity contribution in [3.63, 3.8) is 0 Å². The average molecular weight is 350 g/mol. The van der Waals surface area contributed by atoms with Crippen LogP contribution in [-0.4, -0.2) is 53.4 Å². The van der Waals surface area contributed by atoms with E-state index < -0.39 is 0 Å². The van der Waals surface area contributed by atoms with Crippen molar-refractivity contribution in [2.75, 3.05) is 32.7 Å². The van der Waals surface area contributed by atoms with Crippen molar-refractivity contribution in [3.05, 3.63) is 65.7 Å². The van der Waals surface area contributed by atoms with E-state index in [4.69, 9.17) is 0 Å². The molecule has 0 spiro atoms. The summed E-state index contributed by atoms with van der Waals surface area (Å²) in [4.78, 5) is 20.9. The van der Waals surface area contributed by atoms with Gasteiger partial charge in [0.25, 0.3) is 5.91 Å². The number of piperazine rings is 1. The van der Waals surface area contributed by atoms with Gasteiger partial charge in [-0.05, 0) is 36.4 Å². The molecule has 0 saturated carbocycles. The summed E-state index contributed by atoms with van der Waals surface area (Å²) < 4.78 is 12.9. The molecular formula is C18H21ClFN3O. The van der Waals surface area contributed by atoms with Crippen LogP contribution in [0.25, 0.3) is 0 Å². The molecule has 3 rings (SSSR count). The van der Waals surface area contributed by atoms with E-state index in [9.17, 15) is 9.18 Å². The first-order valence-corrected chi connectivity index (χ1v) is 7.89. The number of nitrogens with zero attached hydrogens (tertiary/aromatic N) is 3. The fourth-order valence-corrected chi connectivity index (χ4v) is 2.77.